The van der Waals surface area contributed by atoms with Crippen LogP contribution in [0.3, 0.4) is 0 Å². The third-order valence-corrected chi connectivity index (χ3v) is 13.5. The van der Waals surface area contributed by atoms with E-state index in [1.807, 2.05) is 6.92 Å². The first-order chi connectivity index (χ1) is 32.0. The monoisotopic (exact) mass is 943 g/mol. The number of nitrogens with one attached hydrogen (secondary N) is 1. The van der Waals surface area contributed by atoms with Crippen molar-refractivity contribution in [3.63, 3.8) is 0 Å². The van der Waals surface area contributed by atoms with Crippen LogP contribution < -0.4 is 5.32 Å². The van der Waals surface area contributed by atoms with Gasteiger partial charge in [0.25, 0.3) is 17.1 Å². The maximum Gasteiger partial charge on any atom is 0.410 e. The molecular formula is C44H45N7O15S. The Kier molecular flexibility index (Phi) is 14.5. The second kappa shape index (κ2) is 20.4. The van der Waals surface area contributed by atoms with Gasteiger partial charge in [0.1, 0.15) is 25.5 Å². The zero-order valence-electron chi connectivity index (χ0n) is 36.0. The van der Waals surface area contributed by atoms with Crippen molar-refractivity contribution in [3.8, 4) is 0 Å². The molecule has 23 heteroatoms. The lowest BCUT2D eigenvalue weighted by molar-refractivity contribution is -0.385. The summed E-state index contributed by atoms with van der Waals surface area (Å²) in [6, 6.07) is 14.8. The summed E-state index contributed by atoms with van der Waals surface area (Å²) in [6.07, 6.45) is 1.12. The van der Waals surface area contributed by atoms with Crippen molar-refractivity contribution in [1.29, 1.82) is 0 Å². The first-order valence-corrected chi connectivity index (χ1v) is 22.0. The highest BCUT2D eigenvalue weighted by Gasteiger charge is 2.60. The summed E-state index contributed by atoms with van der Waals surface area (Å²) in [4.78, 5) is 103. The zero-order chi connectivity index (χ0) is 48.1. The molecule has 0 aliphatic carbocycles. The number of rotatable bonds is 16. The second-order valence-corrected chi connectivity index (χ2v) is 17.8. The van der Waals surface area contributed by atoms with Crippen LogP contribution in [0.5, 0.6) is 0 Å². The molecule has 4 aliphatic heterocycles. The predicted molar refractivity (Wildman–Crippen MR) is 235 cm³/mol. The van der Waals surface area contributed by atoms with Crippen molar-refractivity contribution in [2.75, 3.05) is 19.6 Å². The van der Waals surface area contributed by atoms with Gasteiger partial charge in [0.15, 0.2) is 0 Å². The van der Waals surface area contributed by atoms with Crippen LogP contribution >= 0.6 is 11.8 Å². The Bertz CT molecular complexity index is 2500. The largest absolute Gasteiger partial charge is 0.456 e. The van der Waals surface area contributed by atoms with Crippen molar-refractivity contribution in [1.82, 2.24) is 20.0 Å². The lowest BCUT2D eigenvalue weighted by atomic mass is 9.79. The molecule has 3 aromatic rings. The molecule has 3 aromatic carbocycles. The Morgan fingerprint density at radius 1 is 0.821 bits per heavy atom. The molecule has 7 atom stereocenters. The molecule has 4 aliphatic rings. The highest BCUT2D eigenvalue weighted by Crippen LogP contribution is 2.52. The van der Waals surface area contributed by atoms with Gasteiger partial charge in [-0.25, -0.2) is 14.4 Å². The smallest absolute Gasteiger partial charge is 0.410 e. The number of amides is 4. The Balaban J connectivity index is 1.04. The number of alkyl carbamates (subject to hydrolysis) is 1. The molecule has 352 valence electrons. The van der Waals surface area contributed by atoms with E-state index in [0.29, 0.717) is 34.6 Å². The van der Waals surface area contributed by atoms with E-state index in [1.54, 1.807) is 6.08 Å². The van der Waals surface area contributed by atoms with Crippen molar-refractivity contribution in [2.45, 2.75) is 76.0 Å². The summed E-state index contributed by atoms with van der Waals surface area (Å²) in [5, 5.41) is 46.0. The van der Waals surface area contributed by atoms with Crippen LogP contribution in [0.1, 0.15) is 43.4 Å². The molecule has 22 nitrogen and oxygen atoms in total. The third kappa shape index (κ3) is 10.8. The number of ether oxygens (including phenoxy) is 3. The maximum atomic E-state index is 13.9. The van der Waals surface area contributed by atoms with E-state index in [1.165, 1.54) is 112 Å². The van der Waals surface area contributed by atoms with Crippen LogP contribution in [0.15, 0.2) is 95.6 Å². The Morgan fingerprint density at radius 3 is 1.87 bits per heavy atom. The third-order valence-electron chi connectivity index (χ3n) is 12.0. The van der Waals surface area contributed by atoms with Gasteiger partial charge in [0.2, 0.25) is 11.8 Å². The number of thioether (sulfide) groups is 1. The van der Waals surface area contributed by atoms with Gasteiger partial charge in [-0.05, 0) is 72.9 Å². The number of β-lactam (4-membered cyclic amide) rings is 1. The van der Waals surface area contributed by atoms with Crippen molar-refractivity contribution in [3.05, 3.63) is 143 Å². The number of benzene rings is 3. The normalized spacial score (nSPS) is 22.6. The SMILES string of the molecule is C[C@@H](O)[C@H]1C(=O)N2C(C(=O)OCc3ccc([N+](=O)[O-])cc3)=C(S[C@H]3C[C@H](C=CC(=O)N4CC[C@H](NC(=O)OCc5ccc([N+](=O)[O-])cc5)C4)N(C(=O)OCc4ccc([N+](=O)[O-])cc4)C3)[C@H](C)[C@H]12. The summed E-state index contributed by atoms with van der Waals surface area (Å²) in [5.41, 5.74) is 1.12. The molecule has 2 N–H and O–H groups in total. The number of non-ortho nitro benzene ring substituents is 3. The molecule has 3 fully saturated rings. The van der Waals surface area contributed by atoms with E-state index >= 15 is 0 Å². The number of carbonyl (C=O) groups excluding carboxylic acids is 5. The highest BCUT2D eigenvalue weighted by molar-refractivity contribution is 8.03. The molecular weight excluding hydrogens is 899 g/mol. The lowest BCUT2D eigenvalue weighted by Crippen LogP contribution is -2.63. The summed E-state index contributed by atoms with van der Waals surface area (Å²) in [5.74, 6) is -2.88. The fourth-order valence-corrected chi connectivity index (χ4v) is 10.0. The molecule has 0 unspecified atom stereocenters. The topological polar surface area (TPSA) is 284 Å². The quantitative estimate of drug-likeness (QED) is 0.0470. The summed E-state index contributed by atoms with van der Waals surface area (Å²) >= 11 is 1.27. The Labute approximate surface area is 385 Å². The molecule has 7 rings (SSSR count). The molecule has 3 saturated heterocycles. The minimum atomic E-state index is -1.01. The molecule has 0 saturated carbocycles. The Hall–Kier alpha value is -7.40. The van der Waals surface area contributed by atoms with Gasteiger partial charge in [-0.2, -0.15) is 0 Å². The number of nitro groups is 3. The molecule has 4 amide bonds. The van der Waals surface area contributed by atoms with Gasteiger partial charge >= 0.3 is 18.2 Å². The van der Waals surface area contributed by atoms with Crippen LogP contribution in [0.25, 0.3) is 0 Å². The number of carbonyl (C=O) groups is 5. The number of hydrogen-bond donors (Lipinski definition) is 2. The minimum absolute atomic E-state index is 0.000190. The summed E-state index contributed by atoms with van der Waals surface area (Å²) < 4.78 is 16.6. The first kappa shape index (κ1) is 47.6. The van der Waals surface area contributed by atoms with Gasteiger partial charge in [0, 0.05) is 78.2 Å². The highest BCUT2D eigenvalue weighted by atomic mass is 32.2. The minimum Gasteiger partial charge on any atom is -0.456 e. The summed E-state index contributed by atoms with van der Waals surface area (Å²) in [6.45, 7) is 3.28. The number of nitrogens with zero attached hydrogens (tertiary/aromatic N) is 6. The van der Waals surface area contributed by atoms with E-state index in [4.69, 9.17) is 14.2 Å². The molecule has 0 radical (unpaired) electrons. The van der Waals surface area contributed by atoms with E-state index in [0.717, 1.165) is 0 Å². The zero-order valence-corrected chi connectivity index (χ0v) is 36.9. The number of aliphatic hydroxyl groups is 1. The van der Waals surface area contributed by atoms with E-state index in [-0.39, 0.29) is 62.1 Å². The van der Waals surface area contributed by atoms with Crippen molar-refractivity contribution >= 4 is 58.8 Å². The predicted octanol–water partition coefficient (Wildman–Crippen LogP) is 5.12. The molecule has 0 spiro atoms. The lowest BCUT2D eigenvalue weighted by Gasteiger charge is -2.46. The fourth-order valence-electron chi connectivity index (χ4n) is 8.47. The van der Waals surface area contributed by atoms with Gasteiger partial charge in [-0.1, -0.05) is 13.0 Å². The average Bonchev–Trinajstić information content (AvgIpc) is 4.01. The average molecular weight is 944 g/mol. The van der Waals surface area contributed by atoms with Gasteiger partial charge < -0.3 is 39.3 Å². The van der Waals surface area contributed by atoms with Gasteiger partial charge in [-0.3, -0.25) is 39.9 Å². The van der Waals surface area contributed by atoms with Crippen LogP contribution in [0.2, 0.25) is 0 Å². The molecule has 67 heavy (non-hydrogen) atoms. The van der Waals surface area contributed by atoms with Crippen LogP contribution in [-0.4, -0.2) is 114 Å². The van der Waals surface area contributed by atoms with Gasteiger partial charge in [-0.15, -0.1) is 11.8 Å². The molecule has 0 aromatic heterocycles. The first-order valence-electron chi connectivity index (χ1n) is 21.1. The van der Waals surface area contributed by atoms with E-state index < -0.39 is 86.1 Å². The van der Waals surface area contributed by atoms with E-state index in [2.05, 4.69) is 5.32 Å². The molecule has 4 heterocycles. The standard InChI is InChI=1S/C44H45N7O15S/c1-25-38-37(26(2)52)41(54)48(38)39(42(55)64-22-27-3-9-31(10-4-27)49(58)59)40(25)67-35-19-34(47(21-35)44(57)66-24-29-7-13-33(14-8-29)51(62)63)15-16-36(53)46-18-17-30(20-46)45-43(56)65-23-28-5-11-32(12-6-28)50(60)61/h3-16,25-26,30,34-35,37-38,52H,17-24H2,1-2H3,(H,45,56)/t25-,26-,30+,34+,35+,37-,38-/m1/s1. The fraction of sp³-hybridized carbons (Fsp3) is 0.386. The van der Waals surface area contributed by atoms with E-state index in [9.17, 15) is 59.4 Å². The number of aliphatic hydroxyl groups excluding tert-OH is 1. The van der Waals surface area contributed by atoms with Crippen LogP contribution in [0, 0.1) is 42.2 Å². The van der Waals surface area contributed by atoms with Crippen LogP contribution in [0.4, 0.5) is 26.7 Å². The summed E-state index contributed by atoms with van der Waals surface area (Å²) in [7, 11) is 0. The number of hydrogen-bond acceptors (Lipinski definition) is 16. The van der Waals surface area contributed by atoms with Crippen molar-refractivity contribution in [2.24, 2.45) is 11.8 Å². The van der Waals surface area contributed by atoms with Gasteiger partial charge in [0.05, 0.1) is 44.9 Å². The second-order valence-electron chi connectivity index (χ2n) is 16.4. The number of nitro benzene ring substituents is 3. The maximum absolute atomic E-state index is 13.9. The number of esters is 1. The Morgan fingerprint density at radius 2 is 1.34 bits per heavy atom. The van der Waals surface area contributed by atoms with Crippen molar-refractivity contribution < 1.29 is 58.1 Å². The van der Waals surface area contributed by atoms with Crippen LogP contribution in [-0.2, 0) is 48.4 Å². The molecule has 0 bridgehead atoms. The number of likely N-dealkylation sites (tertiary alicyclic amines) is 2. The number of fused-ring (bicyclic) bond motifs is 1.